The van der Waals surface area contributed by atoms with Crippen LogP contribution in [0.3, 0.4) is 0 Å². The number of fused-ring (bicyclic) bond motifs is 16. The number of nitrogen functional groups attached to an aromatic ring is 1. The zero-order valence-electron chi connectivity index (χ0n) is 44.3. The van der Waals surface area contributed by atoms with Crippen molar-refractivity contribution >= 4 is 87.7 Å². The van der Waals surface area contributed by atoms with Gasteiger partial charge < -0.3 is 46.7 Å². The van der Waals surface area contributed by atoms with E-state index in [1.807, 2.05) is 13.8 Å². The number of hydrogen-bond acceptors (Lipinski definition) is 25. The van der Waals surface area contributed by atoms with Gasteiger partial charge in [-0.2, -0.15) is 33.2 Å². The minimum Gasteiger partial charge on any atom is -0.748 e. The van der Waals surface area contributed by atoms with Crippen molar-refractivity contribution < 1.29 is 121 Å². The Kier molecular flexibility index (Phi) is 26.0. The van der Waals surface area contributed by atoms with Crippen molar-refractivity contribution in [2.24, 2.45) is 20.0 Å². The average molecular weight is 1210 g/mol. The van der Waals surface area contributed by atoms with Gasteiger partial charge in [0.15, 0.2) is 0 Å². The number of benzene rings is 5. The third-order valence-electron chi connectivity index (χ3n) is 10.9. The van der Waals surface area contributed by atoms with Gasteiger partial charge in [-0.1, -0.05) is 121 Å². The van der Waals surface area contributed by atoms with E-state index in [1.165, 1.54) is 6.07 Å². The van der Waals surface area contributed by atoms with Gasteiger partial charge in [0.25, 0.3) is 0 Å². The van der Waals surface area contributed by atoms with E-state index in [4.69, 9.17) is 51.3 Å². The van der Waals surface area contributed by atoms with Crippen LogP contribution in [0.25, 0.3) is 0 Å². The van der Waals surface area contributed by atoms with Crippen LogP contribution in [0.2, 0.25) is 0 Å². The van der Waals surface area contributed by atoms with E-state index < -0.39 is 45.8 Å². The Balaban J connectivity index is 0.000000366. The summed E-state index contributed by atoms with van der Waals surface area (Å²) < 4.78 is 110. The molecule has 1 radical (unpaired) electrons. The molecule has 0 amide bonds. The Labute approximate surface area is 516 Å². The van der Waals surface area contributed by atoms with Crippen molar-refractivity contribution in [2.75, 3.05) is 42.0 Å². The van der Waals surface area contributed by atoms with E-state index >= 15 is 0 Å². The molecule has 11 rings (SSSR count). The summed E-state index contributed by atoms with van der Waals surface area (Å²) in [5.74, 6) is 3.19. The van der Waals surface area contributed by atoms with Crippen LogP contribution in [0.4, 0.5) is 23.5 Å². The Hall–Kier alpha value is -5.95. The minimum atomic E-state index is -4.62. The molecule has 8 bridgehead atoms. The molecular weight excluding hydrogens is 1160 g/mol. The zero-order chi connectivity index (χ0) is 55.7. The van der Waals surface area contributed by atoms with Crippen molar-refractivity contribution in [3.05, 3.63) is 166 Å². The third kappa shape index (κ3) is 19.1. The second-order valence-corrected chi connectivity index (χ2v) is 21.3. The Morgan fingerprint density at radius 2 is 0.901 bits per heavy atom. The number of anilines is 4. The predicted molar refractivity (Wildman–Crippen MR) is 284 cm³/mol. The molecule has 81 heavy (non-hydrogen) atoms. The van der Waals surface area contributed by atoms with E-state index in [2.05, 4.69) is 155 Å². The third-order valence-corrected chi connectivity index (χ3v) is 12.5. The summed E-state index contributed by atoms with van der Waals surface area (Å²) in [6.07, 6.45) is 0.539. The van der Waals surface area contributed by atoms with Crippen molar-refractivity contribution in [1.29, 1.82) is 0 Å². The number of rotatable bonds is 8. The number of hydrogen-bond donors (Lipinski definition) is 8. The number of aliphatic imine (C=N–C) groups is 4. The van der Waals surface area contributed by atoms with Gasteiger partial charge in [-0.15, -0.1) is 18.7 Å². The van der Waals surface area contributed by atoms with Crippen LogP contribution in [0.1, 0.15) is 83.0 Å². The van der Waals surface area contributed by atoms with E-state index in [-0.39, 0.29) is 135 Å². The quantitative estimate of drug-likeness (QED) is 0.0304. The maximum atomic E-state index is 11.0. The van der Waals surface area contributed by atoms with Crippen LogP contribution in [0.5, 0.6) is 0 Å². The molecule has 5 aromatic carbocycles. The number of nitrogens with two attached hydrogens (primary N) is 1. The van der Waals surface area contributed by atoms with Gasteiger partial charge in [0.1, 0.15) is 58.1 Å². The number of sulfonamides is 1. The van der Waals surface area contributed by atoms with Crippen LogP contribution >= 0.6 is 0 Å². The summed E-state index contributed by atoms with van der Waals surface area (Å²) in [4.78, 5) is 31.7. The maximum absolute atomic E-state index is 11.0. The summed E-state index contributed by atoms with van der Waals surface area (Å²) >= 11 is 0. The molecule has 1 aromatic heterocycles. The standard InChI is InChI=1S/C32H24N8.C12H16N7O5S2.C2H6.CH4O3S.Cu.3Li.O3S/c1-2-10-18-17(9-1)25-33-26(18)38-28-21-13-5-6-14-22(21)30(35-28)40-32-24-16-8-7-15-23(24)31(36-32)39-29-20-12-4-3-11-19(20)27(34-29)37-25;1-25(20,21)15-6-5-14-11-17-10(13)18-12(19-11)16-8-3-2-4-9(7-8)26(22,23)24;1-2;1-5(2,3)4;;;;;1-4(2)3/h1-16,25,28-29,32H,(H,33,38)(H,34,37)(H,35,40)(H,36,39);2,4,7,15H,5-6H2,1H3,(H,22,23,24)(H4,13,14,16,17,18,19);1-2H3;1H3,(H,2,3,4);;;;;/q;-1;;;;3*+1;/p-2. The van der Waals surface area contributed by atoms with Crippen LogP contribution in [0, 0.1) is 6.07 Å². The molecule has 0 saturated heterocycles. The molecule has 4 atom stereocenters. The van der Waals surface area contributed by atoms with Crippen LogP contribution in [-0.4, -0.2) is 111 Å². The van der Waals surface area contributed by atoms with Crippen molar-refractivity contribution in [2.45, 2.75) is 43.4 Å². The number of aromatic nitrogens is 3. The van der Waals surface area contributed by atoms with E-state index in [0.717, 1.165) is 86.2 Å². The number of nitrogens with zero attached hydrogens (tertiary/aromatic N) is 7. The van der Waals surface area contributed by atoms with Crippen molar-refractivity contribution in [1.82, 2.24) is 40.9 Å². The minimum absolute atomic E-state index is 0. The zero-order valence-corrected chi connectivity index (χ0v) is 48.5. The maximum Gasteiger partial charge on any atom is 1.00 e. The first-order valence-electron chi connectivity index (χ1n) is 22.9. The van der Waals surface area contributed by atoms with E-state index in [0.29, 0.717) is 6.26 Å². The summed E-state index contributed by atoms with van der Waals surface area (Å²) in [5.41, 5.74) is 14.4. The largest absolute Gasteiger partial charge is 1.00 e. The molecule has 0 aliphatic carbocycles. The molecular formula is C47H48CuLi3N15O11S4. The first kappa shape index (κ1) is 69.3. The van der Waals surface area contributed by atoms with Crippen molar-refractivity contribution in [3.8, 4) is 0 Å². The van der Waals surface area contributed by atoms with E-state index in [9.17, 15) is 21.4 Å². The fourth-order valence-corrected chi connectivity index (χ4v) is 9.00. The molecule has 5 aliphatic rings. The normalized spacial score (nSPS) is 17.0. The van der Waals surface area contributed by atoms with Gasteiger partial charge in [0.2, 0.25) is 27.9 Å². The molecule has 5 aliphatic heterocycles. The Bertz CT molecular complexity index is 3530. The van der Waals surface area contributed by atoms with Crippen LogP contribution in [-0.2, 0) is 57.9 Å². The fraction of sp³-hybridized carbons (Fsp3) is 0.213. The molecule has 26 nitrogen and oxygen atoms in total. The van der Waals surface area contributed by atoms with Gasteiger partial charge in [-0.05, 0) is 0 Å². The van der Waals surface area contributed by atoms with Crippen LogP contribution < -0.4 is 98.9 Å². The first-order chi connectivity index (χ1) is 36.6. The Morgan fingerprint density at radius 1 is 0.568 bits per heavy atom. The Morgan fingerprint density at radius 3 is 1.23 bits per heavy atom. The van der Waals surface area contributed by atoms with Gasteiger partial charge in [-0.25, -0.2) is 49.9 Å². The van der Waals surface area contributed by atoms with E-state index in [1.54, 1.807) is 0 Å². The molecule has 9 N–H and O–H groups in total. The van der Waals surface area contributed by atoms with Crippen molar-refractivity contribution in [3.63, 3.8) is 0 Å². The topological polar surface area (TPSA) is 398 Å². The molecule has 0 saturated carbocycles. The summed E-state index contributed by atoms with van der Waals surface area (Å²) in [5, 5.41) is 20.0. The molecule has 6 aromatic rings. The average Bonchev–Trinajstić information content (AvgIpc) is 4.17. The number of nitrogens with one attached hydrogen (secondary N) is 7. The molecule has 0 spiro atoms. The van der Waals surface area contributed by atoms with Gasteiger partial charge >= 0.3 is 67.2 Å². The fourth-order valence-electron chi connectivity index (χ4n) is 8.03. The summed E-state index contributed by atoms with van der Waals surface area (Å²) in [6, 6.07) is 39.5. The number of amidine groups is 4. The molecule has 34 heteroatoms. The smallest absolute Gasteiger partial charge is 0.748 e. The second kappa shape index (κ2) is 30.4. The van der Waals surface area contributed by atoms with Crippen LogP contribution in [0.15, 0.2) is 140 Å². The predicted octanol–water partition coefficient (Wildman–Crippen LogP) is -6.75. The van der Waals surface area contributed by atoms with Gasteiger partial charge in [0.05, 0.1) is 16.4 Å². The second-order valence-electron chi connectivity index (χ2n) is 16.3. The molecule has 6 heterocycles. The summed E-state index contributed by atoms with van der Waals surface area (Å²) in [7, 11) is -15.0. The first-order valence-corrected chi connectivity index (χ1v) is 29.0. The summed E-state index contributed by atoms with van der Waals surface area (Å²) in [6.45, 7) is 4.29. The van der Waals surface area contributed by atoms with Gasteiger partial charge in [0, 0.05) is 80.9 Å². The monoisotopic (exact) mass is 1210 g/mol. The SMILES string of the molecule is CC.CS(=O)(=O)NCCNc1nc(N)nc(Nc2[c-]ccc(S(=O)(=O)[O-])c2)n1.CS(=O)(=O)[O-].O=S(=O)=O.[Cu].[Li+].[Li+].[Li+].c1ccc2c(c1)C1=NC2NC2=NC(NC3=NC(NC4=NC(N1)c1ccccc14)c1ccccc13)c1ccccc12. The van der Waals surface area contributed by atoms with Gasteiger partial charge in [-0.3, -0.25) is 0 Å². The molecule has 4 unspecified atom stereocenters. The molecule has 415 valence electrons. The molecule has 0 fully saturated rings.